The SMILES string of the molecule is CC1(C(N)c2cncnc2)CCCC1. The van der Waals surface area contributed by atoms with Crippen LogP contribution in [0.3, 0.4) is 0 Å². The Bertz CT molecular complexity index is 291. The minimum Gasteiger partial charge on any atom is -0.323 e. The van der Waals surface area contributed by atoms with Crippen molar-refractivity contribution in [3.8, 4) is 0 Å². The van der Waals surface area contributed by atoms with Crippen molar-refractivity contribution < 1.29 is 0 Å². The minimum atomic E-state index is 0.0891. The maximum Gasteiger partial charge on any atom is 0.115 e. The van der Waals surface area contributed by atoms with E-state index in [0.717, 1.165) is 5.56 Å². The van der Waals surface area contributed by atoms with Gasteiger partial charge in [0.25, 0.3) is 0 Å². The molecule has 0 aliphatic heterocycles. The van der Waals surface area contributed by atoms with Crippen LogP contribution in [0.5, 0.6) is 0 Å². The van der Waals surface area contributed by atoms with Crippen molar-refractivity contribution in [2.75, 3.05) is 0 Å². The summed E-state index contributed by atoms with van der Waals surface area (Å²) in [6.07, 6.45) is 10.3. The van der Waals surface area contributed by atoms with E-state index in [1.807, 2.05) is 12.4 Å². The van der Waals surface area contributed by atoms with Gasteiger partial charge in [-0.05, 0) is 18.3 Å². The minimum absolute atomic E-state index is 0.0891. The molecule has 0 saturated heterocycles. The number of nitrogens with zero attached hydrogens (tertiary/aromatic N) is 2. The van der Waals surface area contributed by atoms with Crippen molar-refractivity contribution in [2.24, 2.45) is 11.1 Å². The monoisotopic (exact) mass is 191 g/mol. The van der Waals surface area contributed by atoms with Gasteiger partial charge in [-0.2, -0.15) is 0 Å². The summed E-state index contributed by atoms with van der Waals surface area (Å²) in [6, 6.07) is 0.0891. The van der Waals surface area contributed by atoms with E-state index in [-0.39, 0.29) is 11.5 Å². The van der Waals surface area contributed by atoms with Gasteiger partial charge in [-0.1, -0.05) is 19.8 Å². The maximum atomic E-state index is 6.25. The lowest BCUT2D eigenvalue weighted by Crippen LogP contribution is -2.29. The van der Waals surface area contributed by atoms with E-state index in [9.17, 15) is 0 Å². The number of hydrogen-bond acceptors (Lipinski definition) is 3. The van der Waals surface area contributed by atoms with Crippen molar-refractivity contribution in [1.29, 1.82) is 0 Å². The third-order valence-electron chi connectivity index (χ3n) is 3.44. The van der Waals surface area contributed by atoms with Crippen LogP contribution in [0, 0.1) is 5.41 Å². The van der Waals surface area contributed by atoms with Crippen molar-refractivity contribution in [1.82, 2.24) is 9.97 Å². The van der Waals surface area contributed by atoms with Gasteiger partial charge in [0.15, 0.2) is 0 Å². The number of rotatable bonds is 2. The van der Waals surface area contributed by atoms with Crippen LogP contribution < -0.4 is 5.73 Å². The van der Waals surface area contributed by atoms with Crippen LogP contribution >= 0.6 is 0 Å². The van der Waals surface area contributed by atoms with Crippen molar-refractivity contribution in [3.63, 3.8) is 0 Å². The van der Waals surface area contributed by atoms with Gasteiger partial charge in [-0.15, -0.1) is 0 Å². The lowest BCUT2D eigenvalue weighted by molar-refractivity contribution is 0.264. The molecule has 0 radical (unpaired) electrons. The first-order valence-electron chi connectivity index (χ1n) is 5.23. The molecule has 0 aromatic carbocycles. The first-order chi connectivity index (χ1) is 6.72. The Morgan fingerprint density at radius 3 is 2.43 bits per heavy atom. The molecule has 2 rings (SSSR count). The van der Waals surface area contributed by atoms with Crippen LogP contribution in [-0.4, -0.2) is 9.97 Å². The zero-order valence-electron chi connectivity index (χ0n) is 8.61. The topological polar surface area (TPSA) is 51.8 Å². The molecule has 0 spiro atoms. The number of hydrogen-bond donors (Lipinski definition) is 1. The summed E-state index contributed by atoms with van der Waals surface area (Å²) >= 11 is 0. The molecule has 1 fully saturated rings. The van der Waals surface area contributed by atoms with Crippen LogP contribution in [0.4, 0.5) is 0 Å². The fourth-order valence-electron chi connectivity index (χ4n) is 2.37. The highest BCUT2D eigenvalue weighted by Gasteiger charge is 2.35. The Balaban J connectivity index is 2.19. The predicted molar refractivity (Wildman–Crippen MR) is 55.5 cm³/mol. The Morgan fingerprint density at radius 2 is 1.86 bits per heavy atom. The second-order valence-corrected chi connectivity index (χ2v) is 4.51. The Kier molecular flexibility index (Phi) is 2.50. The van der Waals surface area contributed by atoms with Gasteiger partial charge in [-0.25, -0.2) is 9.97 Å². The van der Waals surface area contributed by atoms with E-state index >= 15 is 0 Å². The van der Waals surface area contributed by atoms with Gasteiger partial charge in [0.1, 0.15) is 6.33 Å². The van der Waals surface area contributed by atoms with Crippen LogP contribution in [0.2, 0.25) is 0 Å². The summed E-state index contributed by atoms with van der Waals surface area (Å²) in [7, 11) is 0. The molecule has 1 saturated carbocycles. The van der Waals surface area contributed by atoms with Gasteiger partial charge < -0.3 is 5.73 Å². The van der Waals surface area contributed by atoms with Crippen LogP contribution in [0.25, 0.3) is 0 Å². The molecule has 2 N–H and O–H groups in total. The molecule has 1 atom stereocenters. The lowest BCUT2D eigenvalue weighted by atomic mass is 9.78. The molecule has 1 unspecified atom stereocenters. The molecular weight excluding hydrogens is 174 g/mol. The molecule has 1 aromatic rings. The zero-order valence-corrected chi connectivity index (χ0v) is 8.61. The quantitative estimate of drug-likeness (QED) is 0.778. The molecule has 1 aliphatic carbocycles. The zero-order chi connectivity index (χ0) is 10.0. The third-order valence-corrected chi connectivity index (χ3v) is 3.44. The van der Waals surface area contributed by atoms with E-state index < -0.39 is 0 Å². The van der Waals surface area contributed by atoms with Gasteiger partial charge in [0, 0.05) is 24.0 Å². The highest BCUT2D eigenvalue weighted by Crippen LogP contribution is 2.45. The lowest BCUT2D eigenvalue weighted by Gasteiger charge is -2.30. The number of nitrogens with two attached hydrogens (primary N) is 1. The first-order valence-corrected chi connectivity index (χ1v) is 5.23. The fourth-order valence-corrected chi connectivity index (χ4v) is 2.37. The molecule has 3 nitrogen and oxygen atoms in total. The molecule has 76 valence electrons. The second-order valence-electron chi connectivity index (χ2n) is 4.51. The molecule has 14 heavy (non-hydrogen) atoms. The van der Waals surface area contributed by atoms with Crippen LogP contribution in [0.1, 0.15) is 44.2 Å². The van der Waals surface area contributed by atoms with Crippen molar-refractivity contribution in [2.45, 2.75) is 38.6 Å². The molecular formula is C11H17N3. The standard InChI is InChI=1S/C11H17N3/c1-11(4-2-3-5-11)10(12)9-6-13-8-14-7-9/h6-8,10H,2-5,12H2,1H3. The first kappa shape index (κ1) is 9.59. The molecule has 1 heterocycles. The Labute approximate surface area is 84.8 Å². The van der Waals surface area contributed by atoms with Gasteiger partial charge in [0.05, 0.1) is 0 Å². The second kappa shape index (κ2) is 3.65. The van der Waals surface area contributed by atoms with E-state index in [1.54, 1.807) is 6.33 Å². The Hall–Kier alpha value is -0.960. The normalized spacial score (nSPS) is 22.1. The summed E-state index contributed by atoms with van der Waals surface area (Å²) < 4.78 is 0. The Morgan fingerprint density at radius 1 is 1.29 bits per heavy atom. The highest BCUT2D eigenvalue weighted by molar-refractivity contribution is 5.13. The van der Waals surface area contributed by atoms with E-state index in [4.69, 9.17) is 5.73 Å². The fraction of sp³-hybridized carbons (Fsp3) is 0.636. The summed E-state index contributed by atoms with van der Waals surface area (Å²) in [5.74, 6) is 0. The average Bonchev–Trinajstić information content (AvgIpc) is 2.67. The van der Waals surface area contributed by atoms with Gasteiger partial charge >= 0.3 is 0 Å². The molecule has 0 amide bonds. The van der Waals surface area contributed by atoms with E-state index in [2.05, 4.69) is 16.9 Å². The molecule has 3 heteroatoms. The predicted octanol–water partition coefficient (Wildman–Crippen LogP) is 2.06. The van der Waals surface area contributed by atoms with Crippen LogP contribution in [-0.2, 0) is 0 Å². The largest absolute Gasteiger partial charge is 0.323 e. The van der Waals surface area contributed by atoms with Crippen molar-refractivity contribution >= 4 is 0 Å². The summed E-state index contributed by atoms with van der Waals surface area (Å²) in [5, 5.41) is 0. The smallest absolute Gasteiger partial charge is 0.115 e. The molecule has 1 aliphatic rings. The van der Waals surface area contributed by atoms with E-state index in [0.29, 0.717) is 0 Å². The van der Waals surface area contributed by atoms with E-state index in [1.165, 1.54) is 25.7 Å². The summed E-state index contributed by atoms with van der Waals surface area (Å²) in [5.41, 5.74) is 7.58. The summed E-state index contributed by atoms with van der Waals surface area (Å²) in [4.78, 5) is 8.03. The maximum absolute atomic E-state index is 6.25. The number of aromatic nitrogens is 2. The highest BCUT2D eigenvalue weighted by atomic mass is 14.8. The molecule has 0 bridgehead atoms. The van der Waals surface area contributed by atoms with Gasteiger partial charge in [0.2, 0.25) is 0 Å². The summed E-state index contributed by atoms with van der Waals surface area (Å²) in [6.45, 7) is 2.28. The molecule has 1 aromatic heterocycles. The average molecular weight is 191 g/mol. The third kappa shape index (κ3) is 1.64. The van der Waals surface area contributed by atoms with Gasteiger partial charge in [-0.3, -0.25) is 0 Å². The van der Waals surface area contributed by atoms with Crippen LogP contribution in [0.15, 0.2) is 18.7 Å². The van der Waals surface area contributed by atoms with Crippen molar-refractivity contribution in [3.05, 3.63) is 24.3 Å².